The third-order valence-electron chi connectivity index (χ3n) is 4.52. The van der Waals surface area contributed by atoms with Crippen LogP contribution in [0.2, 0.25) is 10.0 Å². The number of aromatic nitrogens is 1. The molecule has 172 valence electrons. The topological polar surface area (TPSA) is 97.8 Å². The minimum absolute atomic E-state index is 0.0719. The Labute approximate surface area is 200 Å². The average Bonchev–Trinajstić information content (AvgIpc) is 3.19. The van der Waals surface area contributed by atoms with E-state index in [-0.39, 0.29) is 36.8 Å². The lowest BCUT2D eigenvalue weighted by molar-refractivity contribution is 0.102. The Morgan fingerprint density at radius 2 is 1.69 bits per heavy atom. The monoisotopic (exact) mass is 517 g/mol. The lowest BCUT2D eigenvalue weighted by atomic mass is 10.2. The number of fused-ring (bicyclic) bond motifs is 1. The zero-order chi connectivity index (χ0) is 23.3. The summed E-state index contributed by atoms with van der Waals surface area (Å²) in [6.07, 6.45) is 0. The van der Waals surface area contributed by atoms with Gasteiger partial charge in [0.25, 0.3) is 5.91 Å². The largest absolute Gasteiger partial charge is 0.383 e. The predicted octanol–water partition coefficient (Wildman–Crippen LogP) is 4.14. The van der Waals surface area contributed by atoms with Gasteiger partial charge in [-0.25, -0.2) is 13.4 Å². The van der Waals surface area contributed by atoms with Gasteiger partial charge in [0, 0.05) is 32.9 Å². The molecule has 0 aliphatic heterocycles. The van der Waals surface area contributed by atoms with E-state index in [1.165, 1.54) is 54.1 Å². The molecule has 0 aliphatic carbocycles. The molecule has 3 rings (SSSR count). The van der Waals surface area contributed by atoms with Crippen molar-refractivity contribution in [3.63, 3.8) is 0 Å². The summed E-state index contributed by atoms with van der Waals surface area (Å²) in [6, 6.07) is 9.12. The summed E-state index contributed by atoms with van der Waals surface area (Å²) in [4.78, 5) is 17.0. The zero-order valence-corrected chi connectivity index (χ0v) is 20.4. The predicted molar refractivity (Wildman–Crippen MR) is 127 cm³/mol. The van der Waals surface area contributed by atoms with Gasteiger partial charge in [-0.05, 0) is 36.4 Å². The highest BCUT2D eigenvalue weighted by Crippen LogP contribution is 2.35. The Hall–Kier alpha value is -1.79. The van der Waals surface area contributed by atoms with Crippen LogP contribution in [0.1, 0.15) is 10.4 Å². The maximum atomic E-state index is 13.0. The highest BCUT2D eigenvalue weighted by Gasteiger charge is 2.24. The molecule has 0 radical (unpaired) electrons. The number of anilines is 1. The third kappa shape index (κ3) is 5.57. The molecule has 0 aliphatic rings. The summed E-state index contributed by atoms with van der Waals surface area (Å²) in [5.41, 5.74) is 0.792. The fourth-order valence-electron chi connectivity index (χ4n) is 2.83. The van der Waals surface area contributed by atoms with Gasteiger partial charge in [0.15, 0.2) is 5.13 Å². The van der Waals surface area contributed by atoms with Crippen LogP contribution >= 0.6 is 34.5 Å². The second-order valence-electron chi connectivity index (χ2n) is 6.60. The molecule has 0 spiro atoms. The molecule has 3 aromatic rings. The van der Waals surface area contributed by atoms with Gasteiger partial charge in [0.2, 0.25) is 10.0 Å². The number of thiazole rings is 1. The van der Waals surface area contributed by atoms with Crippen molar-refractivity contribution in [2.45, 2.75) is 4.90 Å². The number of halogens is 2. The fourth-order valence-corrected chi connectivity index (χ4v) is 5.52. The van der Waals surface area contributed by atoms with Crippen molar-refractivity contribution in [3.8, 4) is 0 Å². The first-order valence-corrected chi connectivity index (χ1v) is 12.4. The van der Waals surface area contributed by atoms with E-state index in [4.69, 9.17) is 32.7 Å². The van der Waals surface area contributed by atoms with Gasteiger partial charge >= 0.3 is 0 Å². The molecule has 0 fully saturated rings. The lowest BCUT2D eigenvalue weighted by Crippen LogP contribution is -2.36. The Kier molecular flexibility index (Phi) is 8.45. The summed E-state index contributed by atoms with van der Waals surface area (Å²) in [6.45, 7) is 0.880. The van der Waals surface area contributed by atoms with E-state index in [0.29, 0.717) is 20.7 Å². The number of nitrogens with zero attached hydrogens (tertiary/aromatic N) is 2. The molecule has 8 nitrogen and oxygen atoms in total. The van der Waals surface area contributed by atoms with E-state index < -0.39 is 15.9 Å². The normalized spacial score (nSPS) is 11.9. The number of methoxy groups -OCH3 is 2. The van der Waals surface area contributed by atoms with Crippen LogP contribution in [0.15, 0.2) is 41.3 Å². The number of sulfonamides is 1. The molecule has 32 heavy (non-hydrogen) atoms. The number of hydrogen-bond acceptors (Lipinski definition) is 7. The molecule has 0 atom stereocenters. The fraction of sp³-hybridized carbons (Fsp3) is 0.300. The molecule has 0 saturated heterocycles. The van der Waals surface area contributed by atoms with Gasteiger partial charge in [-0.2, -0.15) is 4.31 Å². The molecule has 0 saturated carbocycles. The van der Waals surface area contributed by atoms with E-state index in [0.717, 1.165) is 4.70 Å². The van der Waals surface area contributed by atoms with E-state index in [9.17, 15) is 13.2 Å². The summed E-state index contributed by atoms with van der Waals surface area (Å²) in [5, 5.41) is 3.76. The summed E-state index contributed by atoms with van der Waals surface area (Å²) >= 11 is 13.4. The molecular formula is C20H21Cl2N3O5S2. The van der Waals surface area contributed by atoms with Crippen LogP contribution < -0.4 is 5.32 Å². The van der Waals surface area contributed by atoms with Crippen LogP contribution in [0.3, 0.4) is 0 Å². The van der Waals surface area contributed by atoms with Gasteiger partial charge in [0.1, 0.15) is 5.52 Å². The lowest BCUT2D eigenvalue weighted by Gasteiger charge is -2.21. The minimum atomic E-state index is -3.77. The first-order chi connectivity index (χ1) is 15.3. The molecule has 1 N–H and O–H groups in total. The quantitative estimate of drug-likeness (QED) is 0.433. The number of ether oxygens (including phenoxy) is 2. The van der Waals surface area contributed by atoms with Gasteiger partial charge < -0.3 is 9.47 Å². The van der Waals surface area contributed by atoms with Gasteiger partial charge in [-0.15, -0.1) is 0 Å². The van der Waals surface area contributed by atoms with Crippen LogP contribution in [-0.2, 0) is 19.5 Å². The van der Waals surface area contributed by atoms with Gasteiger partial charge in [0.05, 0.1) is 32.9 Å². The first kappa shape index (κ1) is 24.8. The second-order valence-corrected chi connectivity index (χ2v) is 10.3. The number of benzene rings is 2. The average molecular weight is 518 g/mol. The molecule has 12 heteroatoms. The number of hydrogen-bond donors (Lipinski definition) is 1. The standard InChI is InChI=1S/C20H21Cl2N3O5S2/c1-29-11-9-25(10-12-30-2)32(27,28)14-5-3-13(4-6-14)19(26)24-20-23-18-16(31-20)8-7-15(21)17(18)22/h3-8H,9-12H2,1-2H3,(H,23,24,26). The van der Waals surface area contributed by atoms with Crippen LogP contribution in [-0.4, -0.2) is 64.1 Å². The van der Waals surface area contributed by atoms with Crippen molar-refractivity contribution in [3.05, 3.63) is 52.0 Å². The van der Waals surface area contributed by atoms with Crippen LogP contribution in [0.4, 0.5) is 5.13 Å². The Balaban J connectivity index is 1.76. The summed E-state index contributed by atoms with van der Waals surface area (Å²) in [7, 11) is -0.764. The maximum absolute atomic E-state index is 13.0. The molecule has 2 aromatic carbocycles. The Bertz CT molecular complexity index is 1190. The minimum Gasteiger partial charge on any atom is -0.383 e. The van der Waals surface area contributed by atoms with Crippen LogP contribution in [0.25, 0.3) is 10.2 Å². The molecule has 1 aromatic heterocycles. The Morgan fingerprint density at radius 1 is 1.06 bits per heavy atom. The third-order valence-corrected chi connectivity index (χ3v) is 8.16. The van der Waals surface area contributed by atoms with Crippen molar-refractivity contribution in [1.82, 2.24) is 9.29 Å². The Morgan fingerprint density at radius 3 is 2.28 bits per heavy atom. The number of nitrogens with one attached hydrogen (secondary N) is 1. The van der Waals surface area contributed by atoms with Crippen LogP contribution in [0.5, 0.6) is 0 Å². The number of carbonyl (C=O) groups is 1. The second kappa shape index (κ2) is 10.9. The number of amides is 1. The molecular weight excluding hydrogens is 497 g/mol. The number of rotatable bonds is 10. The van der Waals surface area contributed by atoms with Crippen molar-refractivity contribution in [2.24, 2.45) is 0 Å². The van der Waals surface area contributed by atoms with E-state index in [2.05, 4.69) is 10.3 Å². The van der Waals surface area contributed by atoms with E-state index in [1.807, 2.05) is 0 Å². The smallest absolute Gasteiger partial charge is 0.257 e. The SMILES string of the molecule is COCCN(CCOC)S(=O)(=O)c1ccc(C(=O)Nc2nc3c(Cl)c(Cl)ccc3s2)cc1. The number of carbonyl (C=O) groups excluding carboxylic acids is 1. The van der Waals surface area contributed by atoms with E-state index >= 15 is 0 Å². The van der Waals surface area contributed by atoms with Crippen molar-refractivity contribution in [2.75, 3.05) is 45.8 Å². The van der Waals surface area contributed by atoms with Crippen molar-refractivity contribution >= 4 is 65.8 Å². The highest BCUT2D eigenvalue weighted by molar-refractivity contribution is 7.89. The molecule has 1 amide bonds. The molecule has 0 unspecified atom stereocenters. The molecule has 0 bridgehead atoms. The maximum Gasteiger partial charge on any atom is 0.257 e. The van der Waals surface area contributed by atoms with Gasteiger partial charge in [-0.1, -0.05) is 34.5 Å². The summed E-state index contributed by atoms with van der Waals surface area (Å²) < 4.78 is 38.0. The van der Waals surface area contributed by atoms with Crippen LogP contribution in [0, 0.1) is 0 Å². The van der Waals surface area contributed by atoms with E-state index in [1.54, 1.807) is 12.1 Å². The zero-order valence-electron chi connectivity index (χ0n) is 17.3. The first-order valence-electron chi connectivity index (χ1n) is 9.42. The highest BCUT2D eigenvalue weighted by atomic mass is 35.5. The summed E-state index contributed by atoms with van der Waals surface area (Å²) in [5.74, 6) is -0.425. The van der Waals surface area contributed by atoms with Crippen molar-refractivity contribution in [1.29, 1.82) is 0 Å². The van der Waals surface area contributed by atoms with Gasteiger partial charge in [-0.3, -0.25) is 10.1 Å². The van der Waals surface area contributed by atoms with Crippen molar-refractivity contribution < 1.29 is 22.7 Å². The molecule has 1 heterocycles.